The zero-order valence-corrected chi connectivity index (χ0v) is 13.1. The van der Waals surface area contributed by atoms with E-state index in [9.17, 15) is 5.11 Å². The van der Waals surface area contributed by atoms with Crippen LogP contribution in [0.15, 0.2) is 0 Å². The van der Waals surface area contributed by atoms with Crippen molar-refractivity contribution >= 4 is 0 Å². The average Bonchev–Trinajstić information content (AvgIpc) is 3.16. The molecule has 1 heterocycles. The number of unbranched alkanes of at least 4 members (excludes halogenated alkanes) is 2. The van der Waals surface area contributed by atoms with E-state index in [4.69, 9.17) is 5.11 Å². The number of hydrogen-bond donors (Lipinski definition) is 2. The summed E-state index contributed by atoms with van der Waals surface area (Å²) >= 11 is 0. The number of hydrogen-bond acceptors (Lipinski definition) is 3. The molecule has 0 amide bonds. The van der Waals surface area contributed by atoms with Crippen molar-refractivity contribution in [3.63, 3.8) is 0 Å². The monoisotopic (exact) mass is 270 g/mol. The molecular formula is C16H30O3. The first kappa shape index (κ1) is 18.3. The molecule has 112 valence electrons. The number of aliphatic hydroxyl groups excluding tert-OH is 1. The molecule has 2 unspecified atom stereocenters. The fourth-order valence-electron chi connectivity index (χ4n) is 1.81. The summed E-state index contributed by atoms with van der Waals surface area (Å²) in [5.74, 6) is 2.86. The predicted octanol–water partition coefficient (Wildman–Crippen LogP) is 3.33. The Hall–Kier alpha value is -0.720. The lowest BCUT2D eigenvalue weighted by Gasteiger charge is -2.41. The van der Waals surface area contributed by atoms with E-state index in [1.807, 2.05) is 20.0 Å². The van der Waals surface area contributed by atoms with Crippen LogP contribution < -0.4 is 0 Å². The lowest BCUT2D eigenvalue weighted by Crippen LogP contribution is -2.45. The second-order valence-corrected chi connectivity index (χ2v) is 6.04. The molecule has 19 heavy (non-hydrogen) atoms. The highest BCUT2D eigenvalue weighted by Gasteiger charge is 2.42. The Kier molecular flexibility index (Phi) is 8.13. The van der Waals surface area contributed by atoms with Crippen LogP contribution in [0.2, 0.25) is 0 Å². The highest BCUT2D eigenvalue weighted by molar-refractivity contribution is 5.14. The molecule has 0 aliphatic carbocycles. The molecule has 2 N–H and O–H groups in total. The molecule has 0 aromatic heterocycles. The van der Waals surface area contributed by atoms with Crippen LogP contribution in [0.1, 0.15) is 60.3 Å². The third-order valence-corrected chi connectivity index (χ3v) is 4.23. The largest absolute Gasteiger partial charge is 0.462 e. The van der Waals surface area contributed by atoms with Crippen molar-refractivity contribution in [2.75, 3.05) is 13.2 Å². The zero-order valence-electron chi connectivity index (χ0n) is 13.1. The van der Waals surface area contributed by atoms with Crippen molar-refractivity contribution < 1.29 is 14.9 Å². The summed E-state index contributed by atoms with van der Waals surface area (Å²) in [4.78, 5) is 0. The van der Waals surface area contributed by atoms with Gasteiger partial charge < -0.3 is 14.9 Å². The second-order valence-electron chi connectivity index (χ2n) is 6.04. The van der Waals surface area contributed by atoms with Gasteiger partial charge in [-0.1, -0.05) is 53.4 Å². The third-order valence-electron chi connectivity index (χ3n) is 4.23. The molecule has 0 aromatic carbocycles. The van der Waals surface area contributed by atoms with Crippen molar-refractivity contribution in [1.82, 2.24) is 0 Å². The first-order chi connectivity index (χ1) is 8.79. The van der Waals surface area contributed by atoms with Crippen LogP contribution in [0.3, 0.4) is 0 Å². The minimum absolute atomic E-state index is 0.323. The van der Waals surface area contributed by atoms with Gasteiger partial charge in [0, 0.05) is 5.41 Å². The average molecular weight is 270 g/mol. The summed E-state index contributed by atoms with van der Waals surface area (Å²) < 4.78 is 4.50. The van der Waals surface area contributed by atoms with E-state index in [1.54, 1.807) is 6.92 Å². The van der Waals surface area contributed by atoms with Gasteiger partial charge in [0.1, 0.15) is 11.7 Å². The number of rotatable bonds is 6. The minimum Gasteiger partial charge on any atom is -0.462 e. The molecule has 3 heteroatoms. The van der Waals surface area contributed by atoms with Gasteiger partial charge in [-0.3, -0.25) is 0 Å². The topological polar surface area (TPSA) is 53.0 Å². The van der Waals surface area contributed by atoms with E-state index in [0.29, 0.717) is 5.92 Å². The van der Waals surface area contributed by atoms with Crippen molar-refractivity contribution in [3.05, 3.63) is 0 Å². The van der Waals surface area contributed by atoms with Crippen molar-refractivity contribution in [2.45, 2.75) is 65.9 Å². The Balaban J connectivity index is 0.000000934. The molecule has 1 saturated heterocycles. The van der Waals surface area contributed by atoms with Crippen LogP contribution in [0.5, 0.6) is 0 Å². The first-order valence-electron chi connectivity index (χ1n) is 7.26. The maximum atomic E-state index is 10.2. The molecule has 2 atom stereocenters. The maximum absolute atomic E-state index is 10.2. The fourth-order valence-corrected chi connectivity index (χ4v) is 1.81. The van der Waals surface area contributed by atoms with Gasteiger partial charge in [-0.2, -0.15) is 0 Å². The molecular weight excluding hydrogens is 240 g/mol. The molecule has 0 saturated carbocycles. The summed E-state index contributed by atoms with van der Waals surface area (Å²) in [6.45, 7) is 12.0. The lowest BCUT2D eigenvalue weighted by atomic mass is 9.66. The Morgan fingerprint density at radius 3 is 2.11 bits per heavy atom. The molecule has 0 bridgehead atoms. The molecule has 0 aromatic rings. The lowest BCUT2D eigenvalue weighted by molar-refractivity contribution is -0.0356. The summed E-state index contributed by atoms with van der Waals surface area (Å²) in [7, 11) is 0. The molecule has 3 nitrogen and oxygen atoms in total. The number of aliphatic hydroxyl groups is 2. The van der Waals surface area contributed by atoms with Crippen molar-refractivity contribution in [3.8, 4) is 12.0 Å². The number of epoxide rings is 1. The zero-order chi connectivity index (χ0) is 14.9. The summed E-state index contributed by atoms with van der Waals surface area (Å²) in [6.07, 6.45) is 6.55. The van der Waals surface area contributed by atoms with Gasteiger partial charge in [0.2, 0.25) is 0 Å². The SMILES string of the molecule is C1CO1.CCCCCC(C)C(C)(C)C(C)(O)C#CO. The van der Waals surface area contributed by atoms with Crippen LogP contribution in [0.25, 0.3) is 0 Å². The van der Waals surface area contributed by atoms with Gasteiger partial charge in [-0.15, -0.1) is 0 Å². The third kappa shape index (κ3) is 6.84. The van der Waals surface area contributed by atoms with Crippen molar-refractivity contribution in [1.29, 1.82) is 0 Å². The second kappa shape index (κ2) is 8.45. The van der Waals surface area contributed by atoms with Crippen molar-refractivity contribution in [2.24, 2.45) is 11.3 Å². The molecule has 1 aliphatic rings. The van der Waals surface area contributed by atoms with Crippen LogP contribution in [0.4, 0.5) is 0 Å². The van der Waals surface area contributed by atoms with E-state index in [0.717, 1.165) is 19.6 Å². The van der Waals surface area contributed by atoms with E-state index < -0.39 is 5.60 Å². The summed E-state index contributed by atoms with van der Waals surface area (Å²) in [5, 5.41) is 18.9. The molecule has 1 aliphatic heterocycles. The Bertz CT molecular complexity index is 292. The fraction of sp³-hybridized carbons (Fsp3) is 0.875. The molecule has 1 rings (SSSR count). The Morgan fingerprint density at radius 2 is 1.74 bits per heavy atom. The predicted molar refractivity (Wildman–Crippen MR) is 78.2 cm³/mol. The minimum atomic E-state index is -1.15. The first-order valence-corrected chi connectivity index (χ1v) is 7.26. The summed E-state index contributed by atoms with van der Waals surface area (Å²) in [6, 6.07) is 0. The van der Waals surface area contributed by atoms with Gasteiger partial charge in [0.15, 0.2) is 0 Å². The van der Waals surface area contributed by atoms with Gasteiger partial charge in [0.25, 0.3) is 0 Å². The van der Waals surface area contributed by atoms with E-state index >= 15 is 0 Å². The normalized spacial score (nSPS) is 18.2. The van der Waals surface area contributed by atoms with Crippen LogP contribution >= 0.6 is 0 Å². The van der Waals surface area contributed by atoms with Crippen LogP contribution in [-0.2, 0) is 4.74 Å². The van der Waals surface area contributed by atoms with Crippen LogP contribution in [-0.4, -0.2) is 29.0 Å². The van der Waals surface area contributed by atoms with Gasteiger partial charge in [-0.05, 0) is 18.8 Å². The van der Waals surface area contributed by atoms with Gasteiger partial charge in [0.05, 0.1) is 13.2 Å². The summed E-state index contributed by atoms with van der Waals surface area (Å²) in [5.41, 5.74) is -1.47. The van der Waals surface area contributed by atoms with Gasteiger partial charge in [-0.25, -0.2) is 0 Å². The number of ether oxygens (including phenoxy) is 1. The Morgan fingerprint density at radius 1 is 1.21 bits per heavy atom. The Labute approximate surface area is 118 Å². The van der Waals surface area contributed by atoms with Crippen LogP contribution in [0, 0.1) is 23.4 Å². The van der Waals surface area contributed by atoms with E-state index in [-0.39, 0.29) is 5.41 Å². The quantitative estimate of drug-likeness (QED) is 0.442. The smallest absolute Gasteiger partial charge is 0.131 e. The standard InChI is InChI=1S/C14H26O2.C2H4O/c1-6-7-8-9-12(2)13(3,4)14(5,16)10-11-15;1-2-3-1/h12,15-16H,6-9H2,1-5H3;1-2H2. The highest BCUT2D eigenvalue weighted by atomic mass is 16.6. The van der Waals surface area contributed by atoms with Gasteiger partial charge >= 0.3 is 0 Å². The molecule has 0 spiro atoms. The molecule has 0 radical (unpaired) electrons. The molecule has 1 fully saturated rings. The highest BCUT2D eigenvalue weighted by Crippen LogP contribution is 2.40. The van der Waals surface area contributed by atoms with E-state index in [1.165, 1.54) is 19.3 Å². The maximum Gasteiger partial charge on any atom is 0.131 e. The van der Waals surface area contributed by atoms with E-state index in [2.05, 4.69) is 24.5 Å².